The third kappa shape index (κ3) is 4.38. The Morgan fingerprint density at radius 3 is 1.52 bits per heavy atom. The zero-order valence-electron chi connectivity index (χ0n) is 17.2. The number of ketones is 2. The SMILES string of the molecule is CC(C)C(=O)C(C)(O)C(=O)c1c(C(C)C)cc(C(C)C)cc1C(C)C. The Labute approximate surface area is 152 Å². The van der Waals surface area contributed by atoms with Crippen LogP contribution in [0.5, 0.6) is 0 Å². The molecule has 0 radical (unpaired) electrons. The van der Waals surface area contributed by atoms with Crippen LogP contribution in [0.2, 0.25) is 0 Å². The molecule has 1 unspecified atom stereocenters. The van der Waals surface area contributed by atoms with Crippen LogP contribution >= 0.6 is 0 Å². The maximum Gasteiger partial charge on any atom is 0.202 e. The number of aliphatic hydroxyl groups is 1. The zero-order valence-corrected chi connectivity index (χ0v) is 17.2. The van der Waals surface area contributed by atoms with Crippen molar-refractivity contribution in [1.82, 2.24) is 0 Å². The Balaban J connectivity index is 3.72. The van der Waals surface area contributed by atoms with E-state index in [0.29, 0.717) is 11.5 Å². The molecular weight excluding hydrogens is 312 g/mol. The molecule has 25 heavy (non-hydrogen) atoms. The molecule has 0 spiro atoms. The lowest BCUT2D eigenvalue weighted by atomic mass is 9.77. The molecular formula is C22H34O3. The summed E-state index contributed by atoms with van der Waals surface area (Å²) in [5.41, 5.74) is 1.53. The lowest BCUT2D eigenvalue weighted by Crippen LogP contribution is -2.46. The minimum Gasteiger partial charge on any atom is -0.374 e. The fraction of sp³-hybridized carbons (Fsp3) is 0.636. The van der Waals surface area contributed by atoms with E-state index in [1.807, 2.05) is 27.7 Å². The fourth-order valence-electron chi connectivity index (χ4n) is 3.14. The second kappa shape index (κ2) is 7.82. The smallest absolute Gasteiger partial charge is 0.202 e. The van der Waals surface area contributed by atoms with Gasteiger partial charge in [0.1, 0.15) is 0 Å². The molecule has 1 aromatic rings. The number of Topliss-reactive ketones (excluding diaryl/α,β-unsaturated/α-hetero) is 2. The number of carbonyl (C=O) groups is 2. The van der Waals surface area contributed by atoms with Crippen molar-refractivity contribution in [1.29, 1.82) is 0 Å². The van der Waals surface area contributed by atoms with Gasteiger partial charge in [-0.25, -0.2) is 0 Å². The monoisotopic (exact) mass is 346 g/mol. The van der Waals surface area contributed by atoms with Crippen LogP contribution in [-0.2, 0) is 4.79 Å². The molecule has 0 aromatic heterocycles. The Morgan fingerprint density at radius 2 is 1.24 bits per heavy atom. The van der Waals surface area contributed by atoms with Gasteiger partial charge in [0.2, 0.25) is 5.78 Å². The molecule has 3 nitrogen and oxygen atoms in total. The largest absolute Gasteiger partial charge is 0.374 e. The van der Waals surface area contributed by atoms with Gasteiger partial charge in [-0.15, -0.1) is 0 Å². The Bertz CT molecular complexity index is 620. The van der Waals surface area contributed by atoms with Crippen molar-refractivity contribution in [3.05, 3.63) is 34.4 Å². The molecule has 1 aromatic carbocycles. The summed E-state index contributed by atoms with van der Waals surface area (Å²) in [5, 5.41) is 10.8. The van der Waals surface area contributed by atoms with Gasteiger partial charge in [0.05, 0.1) is 0 Å². The molecule has 0 saturated carbocycles. The molecule has 0 heterocycles. The number of carbonyl (C=O) groups excluding carboxylic acids is 2. The molecule has 0 aliphatic heterocycles. The van der Waals surface area contributed by atoms with E-state index in [0.717, 1.165) is 11.1 Å². The summed E-state index contributed by atoms with van der Waals surface area (Å²) in [4.78, 5) is 25.7. The number of hydrogen-bond acceptors (Lipinski definition) is 3. The molecule has 1 N–H and O–H groups in total. The third-order valence-electron chi connectivity index (χ3n) is 4.81. The third-order valence-corrected chi connectivity index (χ3v) is 4.81. The lowest BCUT2D eigenvalue weighted by molar-refractivity contribution is -0.134. The standard InChI is InChI=1S/C22H34O3/c1-12(2)16-10-17(13(3)4)19(18(11-16)14(5)6)21(24)22(9,25)20(23)15(7)8/h10-15,25H,1-9H3. The van der Waals surface area contributed by atoms with Crippen molar-refractivity contribution >= 4 is 11.6 Å². The highest BCUT2D eigenvalue weighted by Gasteiger charge is 2.42. The summed E-state index contributed by atoms with van der Waals surface area (Å²) in [6.45, 7) is 17.2. The first kappa shape index (κ1) is 21.6. The van der Waals surface area contributed by atoms with Gasteiger partial charge in [0, 0.05) is 11.5 Å². The van der Waals surface area contributed by atoms with E-state index in [-0.39, 0.29) is 11.8 Å². The van der Waals surface area contributed by atoms with Crippen LogP contribution < -0.4 is 0 Å². The van der Waals surface area contributed by atoms with Gasteiger partial charge in [0.25, 0.3) is 0 Å². The van der Waals surface area contributed by atoms with Crippen molar-refractivity contribution in [2.24, 2.45) is 5.92 Å². The maximum absolute atomic E-state index is 13.3. The fourth-order valence-corrected chi connectivity index (χ4v) is 3.14. The van der Waals surface area contributed by atoms with Crippen LogP contribution in [-0.4, -0.2) is 22.3 Å². The van der Waals surface area contributed by atoms with Crippen molar-refractivity contribution < 1.29 is 14.7 Å². The van der Waals surface area contributed by atoms with Crippen LogP contribution in [0.4, 0.5) is 0 Å². The van der Waals surface area contributed by atoms with Crippen molar-refractivity contribution in [3.8, 4) is 0 Å². The molecule has 0 aliphatic carbocycles. The van der Waals surface area contributed by atoms with Crippen molar-refractivity contribution in [2.75, 3.05) is 0 Å². The van der Waals surface area contributed by atoms with Gasteiger partial charge in [-0.2, -0.15) is 0 Å². The molecule has 0 aliphatic rings. The second-order valence-corrected chi connectivity index (χ2v) is 8.46. The molecule has 0 amide bonds. The number of benzene rings is 1. The Kier molecular flexibility index (Phi) is 6.74. The first-order valence-corrected chi connectivity index (χ1v) is 9.31. The van der Waals surface area contributed by atoms with Crippen LogP contribution in [0.3, 0.4) is 0 Å². The van der Waals surface area contributed by atoms with Gasteiger partial charge in [0.15, 0.2) is 11.4 Å². The van der Waals surface area contributed by atoms with Gasteiger partial charge in [-0.05, 0) is 41.4 Å². The van der Waals surface area contributed by atoms with E-state index in [1.165, 1.54) is 12.5 Å². The van der Waals surface area contributed by atoms with Gasteiger partial charge in [-0.3, -0.25) is 9.59 Å². The minimum atomic E-state index is -2.00. The molecule has 3 heteroatoms. The summed E-state index contributed by atoms with van der Waals surface area (Å²) in [7, 11) is 0. The maximum atomic E-state index is 13.3. The van der Waals surface area contributed by atoms with Crippen molar-refractivity contribution in [3.63, 3.8) is 0 Å². The Morgan fingerprint density at radius 1 is 0.840 bits per heavy atom. The van der Waals surface area contributed by atoms with Crippen LogP contribution in [0.15, 0.2) is 12.1 Å². The highest BCUT2D eigenvalue weighted by Crippen LogP contribution is 2.34. The molecule has 0 bridgehead atoms. The van der Waals surface area contributed by atoms with Crippen LogP contribution in [0.25, 0.3) is 0 Å². The normalized spacial score (nSPS) is 14.5. The molecule has 1 atom stereocenters. The van der Waals surface area contributed by atoms with Crippen molar-refractivity contribution in [2.45, 2.75) is 85.7 Å². The van der Waals surface area contributed by atoms with E-state index >= 15 is 0 Å². The van der Waals surface area contributed by atoms with E-state index in [1.54, 1.807) is 13.8 Å². The first-order chi connectivity index (χ1) is 11.3. The average Bonchev–Trinajstić information content (AvgIpc) is 2.51. The minimum absolute atomic E-state index is 0.125. The van der Waals surface area contributed by atoms with E-state index < -0.39 is 23.1 Å². The highest BCUT2D eigenvalue weighted by molar-refractivity contribution is 6.18. The summed E-state index contributed by atoms with van der Waals surface area (Å²) in [5.74, 6) is -0.722. The number of rotatable bonds is 7. The Hall–Kier alpha value is -1.48. The van der Waals surface area contributed by atoms with Crippen LogP contribution in [0.1, 0.15) is 107 Å². The molecule has 1 rings (SSSR count). The lowest BCUT2D eigenvalue weighted by Gasteiger charge is -2.28. The van der Waals surface area contributed by atoms with Gasteiger partial charge < -0.3 is 5.11 Å². The average molecular weight is 347 g/mol. The van der Waals surface area contributed by atoms with E-state index in [2.05, 4.69) is 26.0 Å². The topological polar surface area (TPSA) is 54.4 Å². The second-order valence-electron chi connectivity index (χ2n) is 8.46. The summed E-state index contributed by atoms with van der Waals surface area (Å²) in [6.07, 6.45) is 0. The van der Waals surface area contributed by atoms with Gasteiger partial charge in [-0.1, -0.05) is 67.5 Å². The number of hydrogen-bond donors (Lipinski definition) is 1. The molecule has 0 saturated heterocycles. The first-order valence-electron chi connectivity index (χ1n) is 9.31. The zero-order chi connectivity index (χ0) is 19.7. The van der Waals surface area contributed by atoms with Gasteiger partial charge >= 0.3 is 0 Å². The van der Waals surface area contributed by atoms with E-state index in [4.69, 9.17) is 0 Å². The quantitative estimate of drug-likeness (QED) is 0.544. The van der Waals surface area contributed by atoms with E-state index in [9.17, 15) is 14.7 Å². The summed E-state index contributed by atoms with van der Waals surface area (Å²) < 4.78 is 0. The predicted molar refractivity (Wildman–Crippen MR) is 104 cm³/mol. The molecule has 0 fully saturated rings. The predicted octanol–water partition coefficient (Wildman–Crippen LogP) is 5.22. The molecule has 140 valence electrons. The summed E-state index contributed by atoms with van der Waals surface area (Å²) in [6, 6.07) is 4.12. The summed E-state index contributed by atoms with van der Waals surface area (Å²) >= 11 is 0. The highest BCUT2D eigenvalue weighted by atomic mass is 16.3. The van der Waals surface area contributed by atoms with Crippen LogP contribution in [0, 0.1) is 5.92 Å².